The van der Waals surface area contributed by atoms with Crippen LogP contribution in [0.4, 0.5) is 0 Å². The fourth-order valence-electron chi connectivity index (χ4n) is 5.77. The Labute approximate surface area is 264 Å². The van der Waals surface area contributed by atoms with Crippen LogP contribution in [0.1, 0.15) is 67.9 Å². The molecule has 0 N–H and O–H groups in total. The number of hydrogen-bond acceptors (Lipinski definition) is 6. The standard InChI is InChI=1S/C38H50O6/c1-8-30(26(5)28(7)39-19-33-20-40-33)18-38(9-2,10-3)32-16-31(27(6)37(17-32)44-24-35-22-42-35)14-13-29-12-11-25(4)36(15-29)43-23-34-21-41-34/h8,11-12,15-17,33-35H,1,7,9-10,13-14,18-24H2,2-6H3/b30-26+. The Morgan fingerprint density at radius 3 is 2.09 bits per heavy atom. The number of ether oxygens (including phenoxy) is 6. The highest BCUT2D eigenvalue weighted by atomic mass is 16.6. The molecule has 0 saturated carbocycles. The third kappa shape index (κ3) is 8.35. The SMILES string of the molecule is C=C/C(CC(CC)(CC)c1cc(CCc2ccc(C)c(OCC3CO3)c2)c(C)c(OCC2CO2)c1)=C(/C)C(=C)OCC1CO1. The van der Waals surface area contributed by atoms with Gasteiger partial charge in [0.05, 0.1) is 19.8 Å². The molecule has 2 aromatic carbocycles. The van der Waals surface area contributed by atoms with Crippen molar-refractivity contribution in [1.29, 1.82) is 0 Å². The lowest BCUT2D eigenvalue weighted by Crippen LogP contribution is -2.26. The predicted octanol–water partition coefficient (Wildman–Crippen LogP) is 7.52. The second kappa shape index (κ2) is 14.4. The zero-order valence-corrected chi connectivity index (χ0v) is 27.3. The Hall–Kier alpha value is -3.06. The summed E-state index contributed by atoms with van der Waals surface area (Å²) in [5, 5.41) is 0. The molecule has 3 atom stereocenters. The molecule has 6 nitrogen and oxygen atoms in total. The third-order valence-electron chi connectivity index (χ3n) is 9.54. The van der Waals surface area contributed by atoms with E-state index in [9.17, 15) is 0 Å². The van der Waals surface area contributed by atoms with Crippen LogP contribution in [0.25, 0.3) is 0 Å². The minimum absolute atomic E-state index is 0.100. The van der Waals surface area contributed by atoms with E-state index in [1.165, 1.54) is 22.3 Å². The molecule has 5 rings (SSSR count). The van der Waals surface area contributed by atoms with E-state index >= 15 is 0 Å². The summed E-state index contributed by atoms with van der Waals surface area (Å²) in [6.45, 7) is 23.4. The summed E-state index contributed by atoms with van der Waals surface area (Å²) < 4.78 is 34.6. The second-order valence-electron chi connectivity index (χ2n) is 12.6. The summed E-state index contributed by atoms with van der Waals surface area (Å²) in [7, 11) is 0. The van der Waals surface area contributed by atoms with Gasteiger partial charge in [-0.1, -0.05) is 51.3 Å². The van der Waals surface area contributed by atoms with Gasteiger partial charge in [-0.25, -0.2) is 0 Å². The average molecular weight is 603 g/mol. The lowest BCUT2D eigenvalue weighted by atomic mass is 9.70. The normalized spacial score (nSPS) is 20.9. The minimum atomic E-state index is -0.100. The van der Waals surface area contributed by atoms with Crippen molar-refractivity contribution in [3.63, 3.8) is 0 Å². The van der Waals surface area contributed by atoms with Crippen molar-refractivity contribution < 1.29 is 28.4 Å². The van der Waals surface area contributed by atoms with Gasteiger partial charge in [-0.2, -0.15) is 0 Å². The van der Waals surface area contributed by atoms with E-state index in [2.05, 4.69) is 78.1 Å². The summed E-state index contributed by atoms with van der Waals surface area (Å²) in [4.78, 5) is 0. The van der Waals surface area contributed by atoms with E-state index < -0.39 is 0 Å². The van der Waals surface area contributed by atoms with E-state index in [0.717, 1.165) is 80.1 Å². The number of aryl methyl sites for hydroxylation is 3. The maximum Gasteiger partial charge on any atom is 0.122 e. The first-order valence-corrected chi connectivity index (χ1v) is 16.2. The van der Waals surface area contributed by atoms with Crippen molar-refractivity contribution in [3.05, 3.63) is 94.3 Å². The van der Waals surface area contributed by atoms with Crippen molar-refractivity contribution >= 4 is 0 Å². The van der Waals surface area contributed by atoms with Gasteiger partial charge < -0.3 is 28.4 Å². The lowest BCUT2D eigenvalue weighted by molar-refractivity contribution is 0.190. The van der Waals surface area contributed by atoms with Gasteiger partial charge in [0.2, 0.25) is 0 Å². The molecular weight excluding hydrogens is 552 g/mol. The highest BCUT2D eigenvalue weighted by Gasteiger charge is 2.32. The van der Waals surface area contributed by atoms with Gasteiger partial charge in [-0.15, -0.1) is 0 Å². The number of rotatable bonds is 19. The molecule has 0 amide bonds. The number of hydrogen-bond donors (Lipinski definition) is 0. The largest absolute Gasteiger partial charge is 0.491 e. The molecule has 0 radical (unpaired) electrons. The Morgan fingerprint density at radius 2 is 1.50 bits per heavy atom. The van der Waals surface area contributed by atoms with Crippen LogP contribution in [-0.2, 0) is 37.2 Å². The van der Waals surface area contributed by atoms with Gasteiger partial charge in [-0.3, -0.25) is 0 Å². The summed E-state index contributed by atoms with van der Waals surface area (Å²) >= 11 is 0. The second-order valence-corrected chi connectivity index (χ2v) is 12.6. The molecule has 44 heavy (non-hydrogen) atoms. The van der Waals surface area contributed by atoms with Gasteiger partial charge in [0, 0.05) is 0 Å². The van der Waals surface area contributed by atoms with Crippen LogP contribution >= 0.6 is 0 Å². The van der Waals surface area contributed by atoms with E-state index in [-0.39, 0.29) is 23.7 Å². The van der Waals surface area contributed by atoms with Gasteiger partial charge in [-0.05, 0) is 109 Å². The molecule has 3 unspecified atom stereocenters. The molecule has 3 aliphatic heterocycles. The van der Waals surface area contributed by atoms with Gasteiger partial charge in [0.15, 0.2) is 0 Å². The Kier molecular flexibility index (Phi) is 10.6. The Morgan fingerprint density at radius 1 is 0.886 bits per heavy atom. The fraction of sp³-hybridized carbons (Fsp3) is 0.526. The first-order chi connectivity index (χ1) is 21.2. The summed E-state index contributed by atoms with van der Waals surface area (Å²) in [5.41, 5.74) is 8.34. The summed E-state index contributed by atoms with van der Waals surface area (Å²) in [5.74, 6) is 2.59. The molecule has 3 aliphatic rings. The van der Waals surface area contributed by atoms with Gasteiger partial charge >= 0.3 is 0 Å². The quantitative estimate of drug-likeness (QED) is 0.0941. The van der Waals surface area contributed by atoms with Crippen LogP contribution in [-0.4, -0.2) is 58.0 Å². The van der Waals surface area contributed by atoms with E-state index in [4.69, 9.17) is 28.4 Å². The lowest BCUT2D eigenvalue weighted by Gasteiger charge is -2.35. The number of allylic oxidation sites excluding steroid dienone is 3. The Balaban J connectivity index is 1.41. The van der Waals surface area contributed by atoms with Crippen LogP contribution in [0.15, 0.2) is 66.5 Å². The molecular formula is C38H50O6. The van der Waals surface area contributed by atoms with Crippen LogP contribution in [0.2, 0.25) is 0 Å². The maximum atomic E-state index is 6.42. The summed E-state index contributed by atoms with van der Waals surface area (Å²) in [6, 6.07) is 11.3. The molecule has 3 heterocycles. The zero-order chi connectivity index (χ0) is 31.3. The van der Waals surface area contributed by atoms with Crippen molar-refractivity contribution in [3.8, 4) is 11.5 Å². The highest BCUT2D eigenvalue weighted by molar-refractivity contribution is 5.48. The van der Waals surface area contributed by atoms with Crippen molar-refractivity contribution in [2.24, 2.45) is 0 Å². The van der Waals surface area contributed by atoms with Gasteiger partial charge in [0.25, 0.3) is 0 Å². The molecule has 3 saturated heterocycles. The van der Waals surface area contributed by atoms with Crippen molar-refractivity contribution in [2.45, 2.75) is 90.4 Å². The van der Waals surface area contributed by atoms with E-state index in [1.807, 2.05) is 6.08 Å². The van der Waals surface area contributed by atoms with Gasteiger partial charge in [0.1, 0.15) is 55.4 Å². The van der Waals surface area contributed by atoms with Crippen LogP contribution < -0.4 is 9.47 Å². The monoisotopic (exact) mass is 602 g/mol. The van der Waals surface area contributed by atoms with Crippen molar-refractivity contribution in [2.75, 3.05) is 39.6 Å². The van der Waals surface area contributed by atoms with E-state index in [0.29, 0.717) is 25.6 Å². The molecule has 238 valence electrons. The smallest absolute Gasteiger partial charge is 0.122 e. The van der Waals surface area contributed by atoms with Crippen LogP contribution in [0, 0.1) is 13.8 Å². The first-order valence-electron chi connectivity index (χ1n) is 16.2. The maximum absolute atomic E-state index is 6.42. The molecule has 2 aromatic rings. The molecule has 0 spiro atoms. The minimum Gasteiger partial charge on any atom is -0.491 e. The predicted molar refractivity (Wildman–Crippen MR) is 175 cm³/mol. The number of epoxide rings is 3. The van der Waals surface area contributed by atoms with Crippen LogP contribution in [0.3, 0.4) is 0 Å². The molecule has 0 aliphatic carbocycles. The Bertz CT molecular complexity index is 1360. The van der Waals surface area contributed by atoms with Crippen molar-refractivity contribution in [1.82, 2.24) is 0 Å². The zero-order valence-electron chi connectivity index (χ0n) is 27.3. The third-order valence-corrected chi connectivity index (χ3v) is 9.54. The highest BCUT2D eigenvalue weighted by Crippen LogP contribution is 2.42. The molecule has 6 heteroatoms. The fourth-order valence-corrected chi connectivity index (χ4v) is 5.77. The molecule has 0 aromatic heterocycles. The summed E-state index contributed by atoms with van der Waals surface area (Å²) in [6.07, 6.45) is 7.22. The average Bonchev–Trinajstić information content (AvgIpc) is 3.88. The first kappa shape index (κ1) is 32.3. The topological polar surface area (TPSA) is 65.3 Å². The number of benzene rings is 2. The van der Waals surface area contributed by atoms with Crippen LogP contribution in [0.5, 0.6) is 11.5 Å². The molecule has 3 fully saturated rings. The molecule has 0 bridgehead atoms. The van der Waals surface area contributed by atoms with E-state index in [1.54, 1.807) is 0 Å².